The summed E-state index contributed by atoms with van der Waals surface area (Å²) < 4.78 is 4.44. The van der Waals surface area contributed by atoms with E-state index in [-0.39, 0.29) is 5.97 Å². The van der Waals surface area contributed by atoms with Crippen LogP contribution in [0.1, 0.15) is 26.2 Å². The van der Waals surface area contributed by atoms with Gasteiger partial charge in [-0.1, -0.05) is 19.8 Å². The number of unbranched alkanes of at least 4 members (excludes halogenated alkanes) is 1. The summed E-state index contributed by atoms with van der Waals surface area (Å²) >= 11 is 5.64. The van der Waals surface area contributed by atoms with E-state index in [0.717, 1.165) is 12.8 Å². The summed E-state index contributed by atoms with van der Waals surface area (Å²) in [5, 5.41) is -0.454. The highest BCUT2D eigenvalue weighted by atomic mass is 35.5. The van der Waals surface area contributed by atoms with E-state index in [1.54, 1.807) is 0 Å². The summed E-state index contributed by atoms with van der Waals surface area (Å²) in [6.07, 6.45) is 2.74. The molecule has 0 rings (SSSR count). The molecule has 0 aliphatic rings. The van der Waals surface area contributed by atoms with Crippen LogP contribution in [0.5, 0.6) is 0 Å². The van der Waals surface area contributed by atoms with Gasteiger partial charge in [-0.25, -0.2) is 0 Å². The van der Waals surface area contributed by atoms with Crippen molar-refractivity contribution in [2.24, 2.45) is 0 Å². The number of halogens is 1. The first-order chi connectivity index (χ1) is 4.72. The van der Waals surface area contributed by atoms with Crippen LogP contribution in [0.4, 0.5) is 0 Å². The zero-order valence-electron chi connectivity index (χ0n) is 6.39. The van der Waals surface area contributed by atoms with Crippen LogP contribution in [0.15, 0.2) is 0 Å². The Morgan fingerprint density at radius 2 is 2.30 bits per heavy atom. The number of rotatable bonds is 4. The maximum atomic E-state index is 10.7. The number of methoxy groups -OCH3 is 1. The lowest BCUT2D eigenvalue weighted by Crippen LogP contribution is -2.15. The van der Waals surface area contributed by atoms with E-state index in [1.165, 1.54) is 7.11 Å². The van der Waals surface area contributed by atoms with E-state index in [4.69, 9.17) is 11.6 Å². The number of alkyl halides is 1. The fraction of sp³-hybridized carbons (Fsp3) is 0.857. The van der Waals surface area contributed by atoms with Gasteiger partial charge in [0.2, 0.25) is 0 Å². The molecule has 0 amide bonds. The average Bonchev–Trinajstić information content (AvgIpc) is 1.98. The molecular formula is C7H13ClO2. The first kappa shape index (κ1) is 9.76. The van der Waals surface area contributed by atoms with Gasteiger partial charge in [0.1, 0.15) is 5.38 Å². The standard InChI is InChI=1S/C7H13ClO2/c1-3-4-5-6(8)7(9)10-2/h6H,3-5H2,1-2H3. The number of carbonyl (C=O) groups excluding carboxylic acids is 1. The van der Waals surface area contributed by atoms with Crippen molar-refractivity contribution in [3.63, 3.8) is 0 Å². The molecule has 0 saturated carbocycles. The second-order valence-electron chi connectivity index (χ2n) is 2.13. The molecule has 0 aliphatic heterocycles. The van der Waals surface area contributed by atoms with E-state index >= 15 is 0 Å². The third-order valence-corrected chi connectivity index (χ3v) is 1.66. The van der Waals surface area contributed by atoms with E-state index in [9.17, 15) is 4.79 Å². The Morgan fingerprint density at radius 3 is 2.70 bits per heavy atom. The molecule has 0 bridgehead atoms. The molecule has 0 saturated heterocycles. The Labute approximate surface area is 66.5 Å². The molecule has 0 aliphatic carbocycles. The summed E-state index contributed by atoms with van der Waals surface area (Å²) in [4.78, 5) is 10.7. The molecule has 1 atom stereocenters. The summed E-state index contributed by atoms with van der Waals surface area (Å²) in [5.74, 6) is -0.324. The van der Waals surface area contributed by atoms with Crippen LogP contribution in [0, 0.1) is 0 Å². The van der Waals surface area contributed by atoms with Crippen molar-refractivity contribution in [3.8, 4) is 0 Å². The van der Waals surface area contributed by atoms with Gasteiger partial charge in [-0.3, -0.25) is 4.79 Å². The van der Waals surface area contributed by atoms with Gasteiger partial charge in [-0.2, -0.15) is 0 Å². The zero-order valence-corrected chi connectivity index (χ0v) is 7.15. The maximum Gasteiger partial charge on any atom is 0.323 e. The molecule has 10 heavy (non-hydrogen) atoms. The highest BCUT2D eigenvalue weighted by Crippen LogP contribution is 2.08. The third-order valence-electron chi connectivity index (χ3n) is 1.27. The summed E-state index contributed by atoms with van der Waals surface area (Å²) in [6.45, 7) is 2.06. The predicted octanol–water partition coefficient (Wildman–Crippen LogP) is 1.96. The SMILES string of the molecule is CCCCC(Cl)C(=O)OC. The summed E-state index contributed by atoms with van der Waals surface area (Å²) in [5.41, 5.74) is 0. The molecule has 1 unspecified atom stereocenters. The molecule has 0 N–H and O–H groups in total. The van der Waals surface area contributed by atoms with Gasteiger partial charge < -0.3 is 4.74 Å². The average molecular weight is 165 g/mol. The lowest BCUT2D eigenvalue weighted by Gasteiger charge is -2.04. The van der Waals surface area contributed by atoms with Crippen molar-refractivity contribution in [2.45, 2.75) is 31.6 Å². The highest BCUT2D eigenvalue weighted by Gasteiger charge is 2.13. The monoisotopic (exact) mass is 164 g/mol. The Hall–Kier alpha value is -0.240. The number of hydrogen-bond donors (Lipinski definition) is 0. The van der Waals surface area contributed by atoms with Crippen LogP contribution in [0.2, 0.25) is 0 Å². The van der Waals surface area contributed by atoms with Gasteiger partial charge in [0.15, 0.2) is 0 Å². The van der Waals surface area contributed by atoms with Crippen molar-refractivity contribution >= 4 is 17.6 Å². The van der Waals surface area contributed by atoms with E-state index in [1.807, 2.05) is 0 Å². The maximum absolute atomic E-state index is 10.7. The normalized spacial score (nSPS) is 12.7. The minimum Gasteiger partial charge on any atom is -0.468 e. The Balaban J connectivity index is 3.41. The summed E-state index contributed by atoms with van der Waals surface area (Å²) in [7, 11) is 1.35. The van der Waals surface area contributed by atoms with Gasteiger partial charge in [0.05, 0.1) is 7.11 Å². The molecule has 0 aromatic carbocycles. The first-order valence-electron chi connectivity index (χ1n) is 3.44. The lowest BCUT2D eigenvalue weighted by atomic mass is 10.2. The molecule has 0 heterocycles. The number of carbonyl (C=O) groups is 1. The lowest BCUT2D eigenvalue weighted by molar-refractivity contribution is -0.140. The van der Waals surface area contributed by atoms with Crippen LogP contribution >= 0.6 is 11.6 Å². The van der Waals surface area contributed by atoms with Crippen LogP contribution in [0.3, 0.4) is 0 Å². The van der Waals surface area contributed by atoms with Crippen LogP contribution in [-0.4, -0.2) is 18.5 Å². The van der Waals surface area contributed by atoms with Crippen molar-refractivity contribution in [1.82, 2.24) is 0 Å². The van der Waals surface area contributed by atoms with Gasteiger partial charge in [0, 0.05) is 0 Å². The Kier molecular flexibility index (Phi) is 5.40. The first-order valence-corrected chi connectivity index (χ1v) is 3.88. The van der Waals surface area contributed by atoms with Crippen molar-refractivity contribution in [1.29, 1.82) is 0 Å². The molecular weight excluding hydrogens is 152 g/mol. The number of hydrogen-bond acceptors (Lipinski definition) is 2. The Morgan fingerprint density at radius 1 is 1.70 bits per heavy atom. The van der Waals surface area contributed by atoms with E-state index < -0.39 is 5.38 Å². The molecule has 0 aromatic heterocycles. The predicted molar refractivity (Wildman–Crippen MR) is 41.2 cm³/mol. The topological polar surface area (TPSA) is 26.3 Å². The second-order valence-corrected chi connectivity index (χ2v) is 2.66. The largest absolute Gasteiger partial charge is 0.468 e. The fourth-order valence-corrected chi connectivity index (χ4v) is 0.872. The molecule has 0 fully saturated rings. The summed E-state index contributed by atoms with van der Waals surface area (Å²) in [6, 6.07) is 0. The molecule has 0 radical (unpaired) electrons. The minimum atomic E-state index is -0.454. The second kappa shape index (κ2) is 5.54. The van der Waals surface area contributed by atoms with E-state index in [2.05, 4.69) is 11.7 Å². The van der Waals surface area contributed by atoms with Gasteiger partial charge in [0.25, 0.3) is 0 Å². The highest BCUT2D eigenvalue weighted by molar-refractivity contribution is 6.29. The molecule has 3 heteroatoms. The minimum absolute atomic E-state index is 0.324. The fourth-order valence-electron chi connectivity index (χ4n) is 0.629. The van der Waals surface area contributed by atoms with Crippen molar-refractivity contribution in [3.05, 3.63) is 0 Å². The molecule has 60 valence electrons. The molecule has 0 spiro atoms. The van der Waals surface area contributed by atoms with Gasteiger partial charge >= 0.3 is 5.97 Å². The van der Waals surface area contributed by atoms with E-state index in [0.29, 0.717) is 6.42 Å². The molecule has 0 aromatic rings. The van der Waals surface area contributed by atoms with Gasteiger partial charge in [-0.15, -0.1) is 11.6 Å². The van der Waals surface area contributed by atoms with Crippen molar-refractivity contribution in [2.75, 3.05) is 7.11 Å². The van der Waals surface area contributed by atoms with Crippen LogP contribution in [-0.2, 0) is 9.53 Å². The van der Waals surface area contributed by atoms with Gasteiger partial charge in [-0.05, 0) is 6.42 Å². The third kappa shape index (κ3) is 3.72. The van der Waals surface area contributed by atoms with Crippen molar-refractivity contribution < 1.29 is 9.53 Å². The number of esters is 1. The quantitative estimate of drug-likeness (QED) is 0.469. The van der Waals surface area contributed by atoms with Crippen LogP contribution < -0.4 is 0 Å². The number of ether oxygens (including phenoxy) is 1. The smallest absolute Gasteiger partial charge is 0.323 e. The zero-order chi connectivity index (χ0) is 7.98. The molecule has 2 nitrogen and oxygen atoms in total. The van der Waals surface area contributed by atoms with Crippen LogP contribution in [0.25, 0.3) is 0 Å². The Bertz CT molecular complexity index is 104.